The SMILES string of the molecule is O=C(O)CCCCCC(=O)NCc1ccccc1-c1ccc(C2OC(CN3CCCCC3)CC(c3ccc(CO)cc3)O2)cc1. The maximum absolute atomic E-state index is 12.4. The average molecular weight is 615 g/mol. The van der Waals surface area contributed by atoms with Gasteiger partial charge < -0.3 is 29.9 Å². The molecule has 3 atom stereocenters. The Morgan fingerprint density at radius 1 is 0.822 bits per heavy atom. The predicted molar refractivity (Wildman–Crippen MR) is 173 cm³/mol. The molecule has 3 aromatic rings. The van der Waals surface area contributed by atoms with Gasteiger partial charge in [0.1, 0.15) is 0 Å². The van der Waals surface area contributed by atoms with Crippen molar-refractivity contribution in [3.63, 3.8) is 0 Å². The lowest BCUT2D eigenvalue weighted by molar-refractivity contribution is -0.253. The first kappa shape index (κ1) is 32.8. The van der Waals surface area contributed by atoms with Crippen LogP contribution in [0.5, 0.6) is 0 Å². The molecule has 3 unspecified atom stereocenters. The molecule has 0 spiro atoms. The van der Waals surface area contributed by atoms with Gasteiger partial charge >= 0.3 is 5.97 Å². The lowest BCUT2D eigenvalue weighted by atomic mass is 9.97. The van der Waals surface area contributed by atoms with E-state index in [1.807, 2.05) is 30.3 Å². The van der Waals surface area contributed by atoms with Crippen LogP contribution in [0.25, 0.3) is 11.1 Å². The summed E-state index contributed by atoms with van der Waals surface area (Å²) >= 11 is 0. The van der Waals surface area contributed by atoms with Crippen LogP contribution in [0.1, 0.15) is 92.4 Å². The van der Waals surface area contributed by atoms with Gasteiger partial charge in [-0.2, -0.15) is 0 Å². The highest BCUT2D eigenvalue weighted by Crippen LogP contribution is 2.39. The zero-order valence-electron chi connectivity index (χ0n) is 26.0. The minimum absolute atomic E-state index is 0.0210. The summed E-state index contributed by atoms with van der Waals surface area (Å²) in [5.74, 6) is -0.823. The summed E-state index contributed by atoms with van der Waals surface area (Å²) in [5.41, 5.74) is 6.08. The Bertz CT molecular complexity index is 1370. The van der Waals surface area contributed by atoms with Crippen molar-refractivity contribution in [2.45, 2.75) is 89.4 Å². The number of carbonyl (C=O) groups is 2. The van der Waals surface area contributed by atoms with Gasteiger partial charge in [-0.05, 0) is 66.6 Å². The molecule has 2 aliphatic rings. The number of nitrogens with one attached hydrogen (secondary N) is 1. The summed E-state index contributed by atoms with van der Waals surface area (Å²) in [5, 5.41) is 21.3. The van der Waals surface area contributed by atoms with E-state index in [-0.39, 0.29) is 31.1 Å². The molecular weight excluding hydrogens is 568 g/mol. The van der Waals surface area contributed by atoms with Crippen LogP contribution in [-0.2, 0) is 32.2 Å². The standard InChI is InChI=1S/C37H46N2O6/c40-26-27-13-15-29(16-14-27)34-23-32(25-39-21-7-2-8-22-39)44-37(45-34)30-19-17-28(18-20-30)33-10-6-5-9-31(33)24-38-35(41)11-3-1-4-12-36(42)43/h5-6,9-10,13-20,32,34,37,40H,1-4,7-8,11-12,21-26H2,(H,38,41)(H,42,43). The van der Waals surface area contributed by atoms with Gasteiger partial charge in [0.25, 0.3) is 0 Å². The Kier molecular flexibility index (Phi) is 12.2. The lowest BCUT2D eigenvalue weighted by Crippen LogP contribution is -2.41. The van der Waals surface area contributed by atoms with Crippen LogP contribution in [0.2, 0.25) is 0 Å². The maximum Gasteiger partial charge on any atom is 0.303 e. The summed E-state index contributed by atoms with van der Waals surface area (Å²) in [6.07, 6.45) is 6.54. The first-order valence-corrected chi connectivity index (χ1v) is 16.4. The third-order valence-electron chi connectivity index (χ3n) is 8.81. The molecule has 8 nitrogen and oxygen atoms in total. The molecule has 2 saturated heterocycles. The fourth-order valence-electron chi connectivity index (χ4n) is 6.26. The molecule has 3 N–H and O–H groups in total. The highest BCUT2D eigenvalue weighted by Gasteiger charge is 2.33. The highest BCUT2D eigenvalue weighted by atomic mass is 16.7. The minimum atomic E-state index is -0.797. The van der Waals surface area contributed by atoms with Crippen LogP contribution in [0, 0.1) is 0 Å². The van der Waals surface area contributed by atoms with Crippen molar-refractivity contribution in [1.82, 2.24) is 10.2 Å². The fraction of sp³-hybridized carbons (Fsp3) is 0.459. The number of hydrogen-bond acceptors (Lipinski definition) is 6. The van der Waals surface area contributed by atoms with Crippen molar-refractivity contribution in [1.29, 1.82) is 0 Å². The normalized spacial score (nSPS) is 20.5. The number of amides is 1. The van der Waals surface area contributed by atoms with Crippen molar-refractivity contribution in [2.24, 2.45) is 0 Å². The molecule has 8 heteroatoms. The number of aliphatic hydroxyl groups is 1. The Morgan fingerprint density at radius 3 is 2.27 bits per heavy atom. The van der Waals surface area contributed by atoms with Crippen molar-refractivity contribution in [3.05, 3.63) is 95.1 Å². The van der Waals surface area contributed by atoms with Gasteiger partial charge in [-0.25, -0.2) is 0 Å². The molecular formula is C37H46N2O6. The third-order valence-corrected chi connectivity index (χ3v) is 8.81. The van der Waals surface area contributed by atoms with E-state index in [2.05, 4.69) is 52.7 Å². The van der Waals surface area contributed by atoms with E-state index >= 15 is 0 Å². The molecule has 0 radical (unpaired) electrons. The average Bonchev–Trinajstić information content (AvgIpc) is 3.07. The van der Waals surface area contributed by atoms with Crippen LogP contribution in [-0.4, -0.2) is 52.7 Å². The van der Waals surface area contributed by atoms with Crippen LogP contribution >= 0.6 is 0 Å². The van der Waals surface area contributed by atoms with Gasteiger partial charge in [-0.3, -0.25) is 9.59 Å². The molecule has 0 aliphatic carbocycles. The van der Waals surface area contributed by atoms with Crippen LogP contribution in [0.15, 0.2) is 72.8 Å². The number of likely N-dealkylation sites (tertiary alicyclic amines) is 1. The number of piperidine rings is 1. The summed E-state index contributed by atoms with van der Waals surface area (Å²) in [6, 6.07) is 24.4. The van der Waals surface area contributed by atoms with E-state index in [0.717, 1.165) is 65.9 Å². The molecule has 0 bridgehead atoms. The van der Waals surface area contributed by atoms with Gasteiger partial charge in [0.05, 0.1) is 18.8 Å². The van der Waals surface area contributed by atoms with E-state index in [4.69, 9.17) is 14.6 Å². The summed E-state index contributed by atoms with van der Waals surface area (Å²) in [6.45, 7) is 3.57. The summed E-state index contributed by atoms with van der Waals surface area (Å²) in [4.78, 5) is 25.6. The summed E-state index contributed by atoms with van der Waals surface area (Å²) < 4.78 is 13.1. The Balaban J connectivity index is 1.24. The van der Waals surface area contributed by atoms with Gasteiger partial charge in [0.15, 0.2) is 6.29 Å². The van der Waals surface area contributed by atoms with Crippen LogP contribution in [0.4, 0.5) is 0 Å². The maximum atomic E-state index is 12.4. The van der Waals surface area contributed by atoms with E-state index in [0.29, 0.717) is 25.8 Å². The third kappa shape index (κ3) is 9.71. The number of ether oxygens (including phenoxy) is 2. The Hall–Kier alpha value is -3.56. The largest absolute Gasteiger partial charge is 0.481 e. The highest BCUT2D eigenvalue weighted by molar-refractivity contribution is 5.76. The number of unbranched alkanes of at least 4 members (excludes halogenated alkanes) is 2. The van der Waals surface area contributed by atoms with Gasteiger partial charge in [0, 0.05) is 37.9 Å². The zero-order valence-corrected chi connectivity index (χ0v) is 26.0. The number of nitrogens with zero attached hydrogens (tertiary/aromatic N) is 1. The first-order chi connectivity index (χ1) is 22.0. The Labute approximate surface area is 266 Å². The molecule has 1 amide bonds. The molecule has 240 valence electrons. The summed E-state index contributed by atoms with van der Waals surface area (Å²) in [7, 11) is 0. The smallest absolute Gasteiger partial charge is 0.303 e. The first-order valence-electron chi connectivity index (χ1n) is 16.4. The number of carboxylic acid groups (broad SMARTS) is 1. The number of hydrogen-bond donors (Lipinski definition) is 3. The fourth-order valence-corrected chi connectivity index (χ4v) is 6.26. The number of rotatable bonds is 14. The second kappa shape index (κ2) is 16.7. The van der Waals surface area contributed by atoms with Gasteiger partial charge in [-0.15, -0.1) is 0 Å². The van der Waals surface area contributed by atoms with Crippen LogP contribution < -0.4 is 5.32 Å². The number of carboxylic acids is 1. The topological polar surface area (TPSA) is 108 Å². The van der Waals surface area contributed by atoms with Gasteiger partial charge in [0.2, 0.25) is 5.91 Å². The number of aliphatic carboxylic acids is 1. The van der Waals surface area contributed by atoms with E-state index in [1.165, 1.54) is 19.3 Å². The second-order valence-electron chi connectivity index (χ2n) is 12.2. The molecule has 0 aromatic heterocycles. The van der Waals surface area contributed by atoms with E-state index in [1.54, 1.807) is 0 Å². The molecule has 2 heterocycles. The Morgan fingerprint density at radius 2 is 1.53 bits per heavy atom. The van der Waals surface area contributed by atoms with Gasteiger partial charge in [-0.1, -0.05) is 85.6 Å². The molecule has 2 aliphatic heterocycles. The monoisotopic (exact) mass is 614 g/mol. The zero-order chi connectivity index (χ0) is 31.4. The molecule has 0 saturated carbocycles. The number of aliphatic hydroxyl groups excluding tert-OH is 1. The van der Waals surface area contributed by atoms with Crippen molar-refractivity contribution in [2.75, 3.05) is 19.6 Å². The van der Waals surface area contributed by atoms with E-state index in [9.17, 15) is 14.7 Å². The lowest BCUT2D eigenvalue weighted by Gasteiger charge is -2.39. The number of carbonyl (C=O) groups excluding carboxylic acids is 1. The molecule has 5 rings (SSSR count). The second-order valence-corrected chi connectivity index (χ2v) is 12.2. The van der Waals surface area contributed by atoms with Crippen molar-refractivity contribution >= 4 is 11.9 Å². The predicted octanol–water partition coefficient (Wildman–Crippen LogP) is 6.53. The van der Waals surface area contributed by atoms with Crippen LogP contribution in [0.3, 0.4) is 0 Å². The minimum Gasteiger partial charge on any atom is -0.481 e. The van der Waals surface area contributed by atoms with Crippen molar-refractivity contribution in [3.8, 4) is 11.1 Å². The molecule has 2 fully saturated rings. The van der Waals surface area contributed by atoms with Crippen molar-refractivity contribution < 1.29 is 29.3 Å². The molecule has 45 heavy (non-hydrogen) atoms. The quantitative estimate of drug-likeness (QED) is 0.177. The molecule has 3 aromatic carbocycles. The van der Waals surface area contributed by atoms with E-state index < -0.39 is 12.3 Å². The number of benzene rings is 3.